The minimum absolute atomic E-state index is 0.0350. The first-order valence-corrected chi connectivity index (χ1v) is 7.59. The summed E-state index contributed by atoms with van der Waals surface area (Å²) in [5, 5.41) is 3.21. The van der Waals surface area contributed by atoms with Crippen molar-refractivity contribution in [2.24, 2.45) is 11.8 Å². The van der Waals surface area contributed by atoms with E-state index >= 15 is 0 Å². The SMILES string of the molecule is CC1CCC(C(=O)c2cc3c(cc2Cl)NC(=O)C3)CC1. The van der Waals surface area contributed by atoms with E-state index in [1.54, 1.807) is 12.1 Å². The van der Waals surface area contributed by atoms with Gasteiger partial charge in [0.15, 0.2) is 5.78 Å². The van der Waals surface area contributed by atoms with Gasteiger partial charge in [0, 0.05) is 17.2 Å². The van der Waals surface area contributed by atoms with Crippen molar-refractivity contribution in [2.75, 3.05) is 5.32 Å². The Kier molecular flexibility index (Phi) is 3.55. The van der Waals surface area contributed by atoms with Gasteiger partial charge in [-0.3, -0.25) is 9.59 Å². The average Bonchev–Trinajstić information content (AvgIpc) is 2.77. The summed E-state index contributed by atoms with van der Waals surface area (Å²) in [5.74, 6) is 0.916. The van der Waals surface area contributed by atoms with Crippen LogP contribution in [0.5, 0.6) is 0 Å². The van der Waals surface area contributed by atoms with Crippen LogP contribution in [0.2, 0.25) is 5.02 Å². The lowest BCUT2D eigenvalue weighted by atomic mass is 9.79. The summed E-state index contributed by atoms with van der Waals surface area (Å²) in [5.41, 5.74) is 2.21. The number of carbonyl (C=O) groups excluding carboxylic acids is 2. The minimum Gasteiger partial charge on any atom is -0.325 e. The van der Waals surface area contributed by atoms with Crippen molar-refractivity contribution in [3.63, 3.8) is 0 Å². The van der Waals surface area contributed by atoms with Crippen LogP contribution < -0.4 is 5.32 Å². The van der Waals surface area contributed by atoms with Gasteiger partial charge in [-0.1, -0.05) is 31.4 Å². The second-order valence-corrected chi connectivity index (χ2v) is 6.44. The first-order valence-electron chi connectivity index (χ1n) is 7.21. The molecule has 1 aliphatic heterocycles. The number of hydrogen-bond donors (Lipinski definition) is 1. The van der Waals surface area contributed by atoms with Crippen molar-refractivity contribution in [2.45, 2.75) is 39.0 Å². The number of carbonyl (C=O) groups is 2. The number of Topliss-reactive ketones (excluding diaryl/α,β-unsaturated/α-hetero) is 1. The molecule has 1 heterocycles. The van der Waals surface area contributed by atoms with E-state index in [0.717, 1.165) is 42.9 Å². The molecule has 0 unspecified atom stereocenters. The minimum atomic E-state index is -0.0350. The summed E-state index contributed by atoms with van der Waals surface area (Å²) in [6.45, 7) is 2.24. The molecule has 1 aromatic rings. The van der Waals surface area contributed by atoms with Crippen LogP contribution in [0.4, 0.5) is 5.69 Å². The highest BCUT2D eigenvalue weighted by Gasteiger charge is 2.28. The molecule has 1 N–H and O–H groups in total. The first kappa shape index (κ1) is 13.6. The lowest BCUT2D eigenvalue weighted by molar-refractivity contribution is -0.115. The van der Waals surface area contributed by atoms with Crippen LogP contribution in [0.3, 0.4) is 0 Å². The van der Waals surface area contributed by atoms with Gasteiger partial charge in [0.05, 0.1) is 11.4 Å². The number of ketones is 1. The lowest BCUT2D eigenvalue weighted by Crippen LogP contribution is -2.21. The maximum absolute atomic E-state index is 12.6. The molecule has 0 atom stereocenters. The third-order valence-corrected chi connectivity index (χ3v) is 4.78. The zero-order valence-corrected chi connectivity index (χ0v) is 12.3. The van der Waals surface area contributed by atoms with E-state index in [9.17, 15) is 9.59 Å². The molecule has 0 saturated heterocycles. The molecule has 20 heavy (non-hydrogen) atoms. The Morgan fingerprint density at radius 2 is 1.95 bits per heavy atom. The molecule has 1 amide bonds. The highest BCUT2D eigenvalue weighted by Crippen LogP contribution is 2.35. The molecular formula is C16H18ClNO2. The van der Waals surface area contributed by atoms with E-state index in [0.29, 0.717) is 17.0 Å². The quantitative estimate of drug-likeness (QED) is 0.842. The summed E-state index contributed by atoms with van der Waals surface area (Å²) in [6, 6.07) is 3.51. The Hall–Kier alpha value is -1.35. The van der Waals surface area contributed by atoms with Gasteiger partial charge in [-0.15, -0.1) is 0 Å². The van der Waals surface area contributed by atoms with Gasteiger partial charge < -0.3 is 5.32 Å². The average molecular weight is 292 g/mol. The molecule has 106 valence electrons. The highest BCUT2D eigenvalue weighted by atomic mass is 35.5. The van der Waals surface area contributed by atoms with Gasteiger partial charge >= 0.3 is 0 Å². The lowest BCUT2D eigenvalue weighted by Gasteiger charge is -2.25. The molecule has 1 fully saturated rings. The molecule has 3 rings (SSSR count). The van der Waals surface area contributed by atoms with Gasteiger partial charge in [0.1, 0.15) is 0 Å². The molecule has 1 aromatic carbocycles. The zero-order valence-electron chi connectivity index (χ0n) is 11.5. The summed E-state index contributed by atoms with van der Waals surface area (Å²) in [6.07, 6.45) is 4.46. The van der Waals surface area contributed by atoms with E-state index in [-0.39, 0.29) is 17.6 Å². The number of fused-ring (bicyclic) bond motifs is 1. The number of benzene rings is 1. The molecule has 0 bridgehead atoms. The third-order valence-electron chi connectivity index (χ3n) is 4.47. The van der Waals surface area contributed by atoms with Crippen molar-refractivity contribution in [1.82, 2.24) is 0 Å². The molecule has 0 radical (unpaired) electrons. The Balaban J connectivity index is 1.85. The summed E-state index contributed by atoms with van der Waals surface area (Å²) in [4.78, 5) is 24.0. The number of anilines is 1. The number of nitrogens with one attached hydrogen (secondary N) is 1. The van der Waals surface area contributed by atoms with Gasteiger partial charge in [0.25, 0.3) is 0 Å². The predicted molar refractivity (Wildman–Crippen MR) is 79.2 cm³/mol. The fourth-order valence-corrected chi connectivity index (χ4v) is 3.44. The second-order valence-electron chi connectivity index (χ2n) is 6.04. The Bertz CT molecular complexity index is 574. The third kappa shape index (κ3) is 2.47. The van der Waals surface area contributed by atoms with Crippen LogP contribution >= 0.6 is 11.6 Å². The molecule has 4 heteroatoms. The van der Waals surface area contributed by atoms with Crippen LogP contribution in [0.15, 0.2) is 12.1 Å². The smallest absolute Gasteiger partial charge is 0.228 e. The predicted octanol–water partition coefficient (Wildman–Crippen LogP) is 3.84. The number of rotatable bonds is 2. The summed E-state index contributed by atoms with van der Waals surface area (Å²) in [7, 11) is 0. The monoisotopic (exact) mass is 291 g/mol. The van der Waals surface area contributed by atoms with Crippen molar-refractivity contribution >= 4 is 29.0 Å². The van der Waals surface area contributed by atoms with E-state index in [1.807, 2.05) is 0 Å². The Labute approximate surface area is 123 Å². The van der Waals surface area contributed by atoms with Crippen LogP contribution in [0.1, 0.15) is 48.5 Å². The first-order chi connectivity index (χ1) is 9.54. The summed E-state index contributed by atoms with van der Waals surface area (Å²) >= 11 is 6.23. The van der Waals surface area contributed by atoms with E-state index in [4.69, 9.17) is 11.6 Å². The molecule has 1 aliphatic carbocycles. The maximum Gasteiger partial charge on any atom is 0.228 e. The van der Waals surface area contributed by atoms with Crippen LogP contribution in [0, 0.1) is 11.8 Å². The molecule has 3 nitrogen and oxygen atoms in total. The van der Waals surface area contributed by atoms with Crippen LogP contribution in [0.25, 0.3) is 0 Å². The Morgan fingerprint density at radius 1 is 1.25 bits per heavy atom. The van der Waals surface area contributed by atoms with E-state index < -0.39 is 0 Å². The normalized spacial score (nSPS) is 25.2. The van der Waals surface area contributed by atoms with Crippen LogP contribution in [-0.4, -0.2) is 11.7 Å². The van der Waals surface area contributed by atoms with Crippen LogP contribution in [-0.2, 0) is 11.2 Å². The standard InChI is InChI=1S/C16H18ClNO2/c1-9-2-4-10(5-3-9)16(20)12-6-11-7-15(19)18-14(11)8-13(12)17/h6,8-10H,2-5,7H2,1H3,(H,18,19). The second kappa shape index (κ2) is 5.21. The van der Waals surface area contributed by atoms with Crippen molar-refractivity contribution < 1.29 is 9.59 Å². The van der Waals surface area contributed by atoms with Gasteiger partial charge in [-0.25, -0.2) is 0 Å². The number of amides is 1. The molecule has 2 aliphatic rings. The number of halogens is 1. The number of hydrogen-bond acceptors (Lipinski definition) is 2. The molecule has 0 aromatic heterocycles. The molecule has 0 spiro atoms. The fraction of sp³-hybridized carbons (Fsp3) is 0.500. The van der Waals surface area contributed by atoms with E-state index in [2.05, 4.69) is 12.2 Å². The Morgan fingerprint density at radius 3 is 2.65 bits per heavy atom. The van der Waals surface area contributed by atoms with Crippen molar-refractivity contribution in [1.29, 1.82) is 0 Å². The van der Waals surface area contributed by atoms with Crippen molar-refractivity contribution in [3.05, 3.63) is 28.3 Å². The van der Waals surface area contributed by atoms with Gasteiger partial charge in [0.2, 0.25) is 5.91 Å². The molecule has 1 saturated carbocycles. The van der Waals surface area contributed by atoms with Gasteiger partial charge in [-0.05, 0) is 36.5 Å². The fourth-order valence-electron chi connectivity index (χ4n) is 3.18. The van der Waals surface area contributed by atoms with Crippen molar-refractivity contribution in [3.8, 4) is 0 Å². The maximum atomic E-state index is 12.6. The summed E-state index contributed by atoms with van der Waals surface area (Å²) < 4.78 is 0. The molecular weight excluding hydrogens is 274 g/mol. The highest BCUT2D eigenvalue weighted by molar-refractivity contribution is 6.34. The van der Waals surface area contributed by atoms with Gasteiger partial charge in [-0.2, -0.15) is 0 Å². The topological polar surface area (TPSA) is 46.2 Å². The zero-order chi connectivity index (χ0) is 14.3. The van der Waals surface area contributed by atoms with E-state index in [1.165, 1.54) is 0 Å². The largest absolute Gasteiger partial charge is 0.325 e.